The molecule has 2 aromatic carbocycles. The van der Waals surface area contributed by atoms with Gasteiger partial charge in [0.25, 0.3) is 0 Å². The fourth-order valence-corrected chi connectivity index (χ4v) is 5.21. The molecule has 0 saturated carbocycles. The van der Waals surface area contributed by atoms with Crippen molar-refractivity contribution in [1.82, 2.24) is 4.31 Å². The summed E-state index contributed by atoms with van der Waals surface area (Å²) in [4.78, 5) is 12.7. The van der Waals surface area contributed by atoms with Gasteiger partial charge in [0.1, 0.15) is 4.90 Å². The van der Waals surface area contributed by atoms with E-state index in [1.807, 2.05) is 26.0 Å². The van der Waals surface area contributed by atoms with Crippen LogP contribution in [0.1, 0.15) is 24.0 Å². The summed E-state index contributed by atoms with van der Waals surface area (Å²) in [6, 6.07) is 11.8. The van der Waals surface area contributed by atoms with Gasteiger partial charge in [0, 0.05) is 18.8 Å². The highest BCUT2D eigenvalue weighted by Gasteiger charge is 2.32. The molecule has 3 rings (SSSR count). The molecule has 1 aliphatic heterocycles. The number of benzene rings is 2. The van der Waals surface area contributed by atoms with E-state index < -0.39 is 15.9 Å². The smallest absolute Gasteiger partial charge is 0.245 e. The second-order valence-electron chi connectivity index (χ2n) is 7.16. The van der Waals surface area contributed by atoms with Gasteiger partial charge in [0.2, 0.25) is 15.9 Å². The fraction of sp³-hybridized carbons (Fsp3) is 0.381. The maximum Gasteiger partial charge on any atom is 0.245 e. The summed E-state index contributed by atoms with van der Waals surface area (Å²) >= 11 is 6.14. The van der Waals surface area contributed by atoms with Crippen LogP contribution in [-0.2, 0) is 19.6 Å². The van der Waals surface area contributed by atoms with Crippen molar-refractivity contribution in [3.8, 4) is 0 Å². The third-order valence-electron chi connectivity index (χ3n) is 5.08. The van der Waals surface area contributed by atoms with Crippen molar-refractivity contribution in [1.29, 1.82) is 0 Å². The van der Waals surface area contributed by atoms with Gasteiger partial charge >= 0.3 is 0 Å². The van der Waals surface area contributed by atoms with Crippen molar-refractivity contribution in [2.24, 2.45) is 0 Å². The standard InChI is InChI=1S/C21H25ClN2O4S/c1-15-7-5-10-19(16(15)2)23-21(25)14-24(13-17-8-6-12-28-17)29(26,27)20-11-4-3-9-18(20)22/h3-5,7,9-11,17H,6,8,12-14H2,1-2H3,(H,23,25). The first-order valence-corrected chi connectivity index (χ1v) is 11.3. The summed E-state index contributed by atoms with van der Waals surface area (Å²) in [6.07, 6.45) is 1.40. The van der Waals surface area contributed by atoms with E-state index in [1.165, 1.54) is 12.1 Å². The monoisotopic (exact) mass is 436 g/mol. The number of sulfonamides is 1. The Morgan fingerprint density at radius 2 is 1.97 bits per heavy atom. The molecule has 0 aliphatic carbocycles. The van der Waals surface area contributed by atoms with Gasteiger partial charge in [-0.15, -0.1) is 0 Å². The van der Waals surface area contributed by atoms with E-state index in [1.54, 1.807) is 18.2 Å². The fourth-order valence-electron chi connectivity index (χ4n) is 3.29. The molecule has 156 valence electrons. The molecule has 1 heterocycles. The van der Waals surface area contributed by atoms with Crippen molar-refractivity contribution >= 4 is 33.2 Å². The van der Waals surface area contributed by atoms with Gasteiger partial charge in [-0.1, -0.05) is 35.9 Å². The van der Waals surface area contributed by atoms with Gasteiger partial charge in [-0.3, -0.25) is 4.79 Å². The van der Waals surface area contributed by atoms with Gasteiger partial charge in [-0.2, -0.15) is 4.31 Å². The van der Waals surface area contributed by atoms with Gasteiger partial charge in [0.15, 0.2) is 0 Å². The first-order valence-electron chi connectivity index (χ1n) is 9.51. The number of halogens is 1. The highest BCUT2D eigenvalue weighted by atomic mass is 35.5. The van der Waals surface area contributed by atoms with Gasteiger partial charge in [0.05, 0.1) is 17.7 Å². The first-order chi connectivity index (χ1) is 13.8. The zero-order valence-corrected chi connectivity index (χ0v) is 18.1. The SMILES string of the molecule is Cc1cccc(NC(=O)CN(CC2CCCO2)S(=O)(=O)c2ccccc2Cl)c1C. The lowest BCUT2D eigenvalue weighted by atomic mass is 10.1. The minimum Gasteiger partial charge on any atom is -0.377 e. The lowest BCUT2D eigenvalue weighted by molar-refractivity contribution is -0.116. The molecule has 1 aliphatic rings. The number of hydrogen-bond donors (Lipinski definition) is 1. The maximum atomic E-state index is 13.3. The summed E-state index contributed by atoms with van der Waals surface area (Å²) in [6.45, 7) is 4.25. The highest BCUT2D eigenvalue weighted by molar-refractivity contribution is 7.89. The Morgan fingerprint density at radius 3 is 2.66 bits per heavy atom. The summed E-state index contributed by atoms with van der Waals surface area (Å²) < 4.78 is 33.3. The number of carbonyl (C=O) groups excluding carboxylic acids is 1. The number of carbonyl (C=O) groups is 1. The molecule has 6 nitrogen and oxygen atoms in total. The molecule has 1 atom stereocenters. The molecular weight excluding hydrogens is 412 g/mol. The van der Waals surface area contributed by atoms with E-state index in [4.69, 9.17) is 16.3 Å². The molecule has 0 bridgehead atoms. The van der Waals surface area contributed by atoms with Gasteiger partial charge < -0.3 is 10.1 Å². The normalized spacial score (nSPS) is 16.9. The second kappa shape index (κ2) is 9.26. The number of nitrogens with zero attached hydrogens (tertiary/aromatic N) is 1. The Bertz CT molecular complexity index is 988. The van der Waals surface area contributed by atoms with Crippen LogP contribution in [0.15, 0.2) is 47.4 Å². The van der Waals surface area contributed by atoms with E-state index >= 15 is 0 Å². The van der Waals surface area contributed by atoms with Gasteiger partial charge in [-0.25, -0.2) is 8.42 Å². The predicted molar refractivity (Wildman–Crippen MR) is 114 cm³/mol. The number of nitrogens with one attached hydrogen (secondary N) is 1. The molecule has 1 unspecified atom stereocenters. The van der Waals surface area contributed by atoms with Crippen molar-refractivity contribution in [2.75, 3.05) is 25.0 Å². The van der Waals surface area contributed by atoms with Crippen LogP contribution < -0.4 is 5.32 Å². The molecule has 29 heavy (non-hydrogen) atoms. The maximum absolute atomic E-state index is 13.3. The van der Waals surface area contributed by atoms with Crippen LogP contribution >= 0.6 is 11.6 Å². The Kier molecular flexibility index (Phi) is 6.95. The third kappa shape index (κ3) is 5.17. The van der Waals surface area contributed by atoms with Crippen LogP contribution in [0.2, 0.25) is 5.02 Å². The molecule has 1 amide bonds. The van der Waals surface area contributed by atoms with Crippen LogP contribution in [0.25, 0.3) is 0 Å². The van der Waals surface area contributed by atoms with Crippen LogP contribution in [0.3, 0.4) is 0 Å². The van der Waals surface area contributed by atoms with Crippen LogP contribution in [0, 0.1) is 13.8 Å². The predicted octanol–water partition coefficient (Wildman–Crippen LogP) is 3.77. The highest BCUT2D eigenvalue weighted by Crippen LogP contribution is 2.26. The number of ether oxygens (including phenoxy) is 1. The summed E-state index contributed by atoms with van der Waals surface area (Å²) in [7, 11) is -3.96. The number of aryl methyl sites for hydroxylation is 1. The molecular formula is C21H25ClN2O4S. The third-order valence-corrected chi connectivity index (χ3v) is 7.40. The molecule has 8 heteroatoms. The van der Waals surface area contributed by atoms with E-state index in [-0.39, 0.29) is 29.1 Å². The number of hydrogen-bond acceptors (Lipinski definition) is 4. The summed E-state index contributed by atoms with van der Waals surface area (Å²) in [5, 5.41) is 2.95. The van der Waals surface area contributed by atoms with Crippen molar-refractivity contribution in [3.63, 3.8) is 0 Å². The van der Waals surface area contributed by atoms with E-state index in [0.29, 0.717) is 12.3 Å². The molecule has 1 N–H and O–H groups in total. The molecule has 0 spiro atoms. The van der Waals surface area contributed by atoms with E-state index in [0.717, 1.165) is 28.3 Å². The molecule has 0 radical (unpaired) electrons. The molecule has 1 saturated heterocycles. The lowest BCUT2D eigenvalue weighted by Crippen LogP contribution is -2.42. The average Bonchev–Trinajstić information content (AvgIpc) is 3.18. The zero-order valence-electron chi connectivity index (χ0n) is 16.5. The van der Waals surface area contributed by atoms with E-state index in [2.05, 4.69) is 5.32 Å². The Hall–Kier alpha value is -1.93. The molecule has 1 fully saturated rings. The minimum absolute atomic E-state index is 0.0146. The van der Waals surface area contributed by atoms with Crippen molar-refractivity contribution in [2.45, 2.75) is 37.7 Å². The number of anilines is 1. The average molecular weight is 437 g/mol. The van der Waals surface area contributed by atoms with Crippen molar-refractivity contribution < 1.29 is 17.9 Å². The molecule has 0 aromatic heterocycles. The zero-order chi connectivity index (χ0) is 21.0. The van der Waals surface area contributed by atoms with Crippen molar-refractivity contribution in [3.05, 3.63) is 58.6 Å². The minimum atomic E-state index is -3.96. The number of amides is 1. The molecule has 2 aromatic rings. The Labute approximate surface area is 176 Å². The van der Waals surface area contributed by atoms with E-state index in [9.17, 15) is 13.2 Å². The quantitative estimate of drug-likeness (QED) is 0.716. The second-order valence-corrected chi connectivity index (χ2v) is 9.47. The van der Waals surface area contributed by atoms with Crippen LogP contribution in [0.4, 0.5) is 5.69 Å². The summed E-state index contributed by atoms with van der Waals surface area (Å²) in [5.41, 5.74) is 2.66. The summed E-state index contributed by atoms with van der Waals surface area (Å²) in [5.74, 6) is -0.410. The Morgan fingerprint density at radius 1 is 1.21 bits per heavy atom. The van der Waals surface area contributed by atoms with Crippen LogP contribution in [0.5, 0.6) is 0 Å². The topological polar surface area (TPSA) is 75.7 Å². The largest absolute Gasteiger partial charge is 0.377 e. The lowest BCUT2D eigenvalue weighted by Gasteiger charge is -2.25. The van der Waals surface area contributed by atoms with Crippen LogP contribution in [-0.4, -0.2) is 44.4 Å². The Balaban J connectivity index is 1.84. The van der Waals surface area contributed by atoms with Gasteiger partial charge in [-0.05, 0) is 56.0 Å². The number of rotatable bonds is 7. The first kappa shape index (κ1) is 21.8.